The zero-order valence-electron chi connectivity index (χ0n) is 15.2. The van der Waals surface area contributed by atoms with Gasteiger partial charge in [0.2, 0.25) is 11.2 Å². The summed E-state index contributed by atoms with van der Waals surface area (Å²) in [5.74, 6) is -1.31. The van der Waals surface area contributed by atoms with E-state index in [0.717, 1.165) is 5.57 Å². The van der Waals surface area contributed by atoms with Gasteiger partial charge in [0.15, 0.2) is 5.76 Å². The number of phenols is 3. The molecule has 3 aromatic rings. The monoisotopic (exact) mass is 368 g/mol. The van der Waals surface area contributed by atoms with Crippen LogP contribution >= 0.6 is 0 Å². The number of aryl methyl sites for hydroxylation is 1. The predicted molar refractivity (Wildman–Crippen MR) is 102 cm³/mol. The van der Waals surface area contributed by atoms with E-state index in [1.807, 2.05) is 13.8 Å². The molecule has 0 saturated carbocycles. The molecule has 0 spiro atoms. The smallest absolute Gasteiger partial charge is 0.238 e. The largest absolute Gasteiger partial charge is 0.508 e. The van der Waals surface area contributed by atoms with Gasteiger partial charge in [-0.2, -0.15) is 0 Å². The van der Waals surface area contributed by atoms with Crippen molar-refractivity contribution >= 4 is 11.0 Å². The predicted octanol–water partition coefficient (Wildman–Crippen LogP) is 4.10. The van der Waals surface area contributed by atoms with E-state index in [0.29, 0.717) is 11.1 Å². The molecule has 0 aliphatic rings. The van der Waals surface area contributed by atoms with E-state index in [9.17, 15) is 25.2 Å². The second-order valence-electron chi connectivity index (χ2n) is 6.69. The van der Waals surface area contributed by atoms with Gasteiger partial charge in [0.25, 0.3) is 0 Å². The summed E-state index contributed by atoms with van der Waals surface area (Å²) in [6, 6.07) is 5.73. The fourth-order valence-electron chi connectivity index (χ4n) is 2.85. The van der Waals surface area contributed by atoms with Crippen molar-refractivity contribution in [2.75, 3.05) is 0 Å². The average Bonchev–Trinajstić information content (AvgIpc) is 2.59. The summed E-state index contributed by atoms with van der Waals surface area (Å²) < 4.78 is 5.63. The summed E-state index contributed by atoms with van der Waals surface area (Å²) in [5, 5.41) is 40.6. The standard InChI is InChI=1S/C21H20O6/c1-10(2)4-6-13-15(23)9-16-17(18(13)24)19(25)20(26)21(27-16)12-5-7-14(22)11(3)8-12/h4-5,7-9,22-24,26H,6H2,1-3H3. The quantitative estimate of drug-likeness (QED) is 0.518. The van der Waals surface area contributed by atoms with Gasteiger partial charge in [-0.25, -0.2) is 0 Å². The lowest BCUT2D eigenvalue weighted by atomic mass is 10.0. The number of phenolic OH excluding ortho intramolecular Hbond substituents is 3. The van der Waals surface area contributed by atoms with Crippen LogP contribution < -0.4 is 5.43 Å². The molecule has 6 nitrogen and oxygen atoms in total. The SMILES string of the molecule is CC(C)=CCc1c(O)cc2oc(-c3ccc(O)c(C)c3)c(O)c(=O)c2c1O. The van der Waals surface area contributed by atoms with Gasteiger partial charge in [0.1, 0.15) is 28.2 Å². The first-order valence-electron chi connectivity index (χ1n) is 8.37. The Bertz CT molecular complexity index is 1130. The third kappa shape index (κ3) is 3.21. The van der Waals surface area contributed by atoms with Crippen molar-refractivity contribution in [3.63, 3.8) is 0 Å². The Kier molecular flexibility index (Phi) is 4.57. The first kappa shape index (κ1) is 18.4. The third-order valence-electron chi connectivity index (χ3n) is 4.39. The average molecular weight is 368 g/mol. The van der Waals surface area contributed by atoms with Crippen molar-refractivity contribution in [3.8, 4) is 34.3 Å². The van der Waals surface area contributed by atoms with Crippen molar-refractivity contribution in [1.82, 2.24) is 0 Å². The summed E-state index contributed by atoms with van der Waals surface area (Å²) in [4.78, 5) is 12.7. The van der Waals surface area contributed by atoms with Crippen LogP contribution in [0.15, 0.2) is 45.1 Å². The molecule has 1 heterocycles. The molecule has 0 unspecified atom stereocenters. The van der Waals surface area contributed by atoms with E-state index in [2.05, 4.69) is 0 Å². The molecule has 0 atom stereocenters. The minimum Gasteiger partial charge on any atom is -0.508 e. The molecule has 0 radical (unpaired) electrons. The Morgan fingerprint density at radius 3 is 2.37 bits per heavy atom. The Morgan fingerprint density at radius 2 is 1.74 bits per heavy atom. The van der Waals surface area contributed by atoms with Gasteiger partial charge in [-0.15, -0.1) is 0 Å². The lowest BCUT2D eigenvalue weighted by Crippen LogP contribution is -2.04. The molecule has 1 aromatic heterocycles. The number of allylic oxidation sites excluding steroid dienone is 2. The molecule has 0 amide bonds. The molecular formula is C21H20O6. The normalized spacial score (nSPS) is 10.9. The fraction of sp³-hybridized carbons (Fsp3) is 0.190. The van der Waals surface area contributed by atoms with E-state index in [4.69, 9.17) is 4.42 Å². The maximum absolute atomic E-state index is 12.7. The van der Waals surface area contributed by atoms with Gasteiger partial charge in [0.05, 0.1) is 0 Å². The van der Waals surface area contributed by atoms with E-state index in [1.165, 1.54) is 18.2 Å². The molecule has 140 valence electrons. The lowest BCUT2D eigenvalue weighted by Gasteiger charge is -2.11. The first-order valence-corrected chi connectivity index (χ1v) is 8.37. The van der Waals surface area contributed by atoms with Crippen molar-refractivity contribution in [2.24, 2.45) is 0 Å². The van der Waals surface area contributed by atoms with Crippen LogP contribution in [0.4, 0.5) is 0 Å². The zero-order chi connectivity index (χ0) is 19.9. The van der Waals surface area contributed by atoms with Crippen molar-refractivity contribution < 1.29 is 24.8 Å². The molecule has 0 aliphatic heterocycles. The van der Waals surface area contributed by atoms with Crippen molar-refractivity contribution in [2.45, 2.75) is 27.2 Å². The van der Waals surface area contributed by atoms with Gasteiger partial charge >= 0.3 is 0 Å². The highest BCUT2D eigenvalue weighted by molar-refractivity contribution is 5.90. The lowest BCUT2D eigenvalue weighted by molar-refractivity contribution is 0.433. The fourth-order valence-corrected chi connectivity index (χ4v) is 2.85. The molecule has 0 bridgehead atoms. The zero-order valence-corrected chi connectivity index (χ0v) is 15.2. The minimum atomic E-state index is -0.798. The second-order valence-corrected chi connectivity index (χ2v) is 6.69. The number of benzene rings is 2. The van der Waals surface area contributed by atoms with Gasteiger partial charge in [-0.05, 0) is 51.0 Å². The number of rotatable bonds is 3. The number of hydrogen-bond acceptors (Lipinski definition) is 6. The van der Waals surface area contributed by atoms with Crippen LogP contribution in [0.25, 0.3) is 22.3 Å². The van der Waals surface area contributed by atoms with Crippen LogP contribution in [0.5, 0.6) is 23.0 Å². The maximum atomic E-state index is 12.7. The van der Waals surface area contributed by atoms with Crippen LogP contribution in [0.1, 0.15) is 25.0 Å². The van der Waals surface area contributed by atoms with E-state index in [-0.39, 0.29) is 40.2 Å². The first-order chi connectivity index (χ1) is 12.7. The summed E-state index contributed by atoms with van der Waals surface area (Å²) in [6.45, 7) is 5.42. The van der Waals surface area contributed by atoms with Crippen LogP contribution in [0.3, 0.4) is 0 Å². The van der Waals surface area contributed by atoms with Gasteiger partial charge in [0, 0.05) is 17.2 Å². The maximum Gasteiger partial charge on any atom is 0.238 e. The summed E-state index contributed by atoms with van der Waals surface area (Å²) >= 11 is 0. The van der Waals surface area contributed by atoms with Gasteiger partial charge in [-0.1, -0.05) is 11.6 Å². The Morgan fingerprint density at radius 1 is 1.04 bits per heavy atom. The molecular weight excluding hydrogens is 348 g/mol. The summed E-state index contributed by atoms with van der Waals surface area (Å²) in [6.07, 6.45) is 2.03. The molecule has 0 saturated heterocycles. The highest BCUT2D eigenvalue weighted by atomic mass is 16.4. The highest BCUT2D eigenvalue weighted by Crippen LogP contribution is 2.39. The van der Waals surface area contributed by atoms with Crippen LogP contribution in [0.2, 0.25) is 0 Å². The number of hydrogen-bond donors (Lipinski definition) is 4. The molecule has 0 aliphatic carbocycles. The van der Waals surface area contributed by atoms with Crippen LogP contribution in [-0.4, -0.2) is 20.4 Å². The van der Waals surface area contributed by atoms with Gasteiger partial charge in [-0.3, -0.25) is 4.79 Å². The van der Waals surface area contributed by atoms with Crippen LogP contribution in [-0.2, 0) is 6.42 Å². The molecule has 2 aromatic carbocycles. The van der Waals surface area contributed by atoms with E-state index in [1.54, 1.807) is 19.1 Å². The topological polar surface area (TPSA) is 111 Å². The van der Waals surface area contributed by atoms with Crippen LogP contribution in [0, 0.1) is 6.92 Å². The third-order valence-corrected chi connectivity index (χ3v) is 4.39. The number of fused-ring (bicyclic) bond motifs is 1. The van der Waals surface area contributed by atoms with Crippen molar-refractivity contribution in [3.05, 3.63) is 57.3 Å². The summed E-state index contributed by atoms with van der Waals surface area (Å²) in [7, 11) is 0. The summed E-state index contributed by atoms with van der Waals surface area (Å²) in [5.41, 5.74) is 1.25. The number of aromatic hydroxyl groups is 4. The molecule has 27 heavy (non-hydrogen) atoms. The Hall–Kier alpha value is -3.41. The van der Waals surface area contributed by atoms with E-state index >= 15 is 0 Å². The minimum absolute atomic E-state index is 0.0468. The van der Waals surface area contributed by atoms with Crippen molar-refractivity contribution in [1.29, 1.82) is 0 Å². The van der Waals surface area contributed by atoms with Gasteiger partial charge < -0.3 is 24.8 Å². The Balaban J connectivity index is 2.29. The molecule has 6 heteroatoms. The Labute approximate surface area is 155 Å². The molecule has 3 rings (SSSR count). The highest BCUT2D eigenvalue weighted by Gasteiger charge is 2.22. The molecule has 4 N–H and O–H groups in total. The second kappa shape index (κ2) is 6.72. The molecule has 0 fully saturated rings. The van der Waals surface area contributed by atoms with E-state index < -0.39 is 16.9 Å².